The number of aryl methyl sites for hydroxylation is 1. The molecule has 1 aromatic heterocycles. The van der Waals surface area contributed by atoms with Crippen LogP contribution in [0.15, 0.2) is 62.6 Å². The molecular weight excluding hydrogens is 596 g/mol. The number of nitrogens with one attached hydrogen (secondary N) is 1. The molecule has 14 nitrogen and oxygen atoms in total. The number of benzene rings is 1. The van der Waals surface area contributed by atoms with Crippen LogP contribution in [-0.4, -0.2) is 86.0 Å². The Bertz CT molecular complexity index is 1680. The number of nitrogens with zero attached hydrogens (tertiary/aromatic N) is 4. The predicted octanol–water partition coefficient (Wildman–Crippen LogP) is 0.498. The van der Waals surface area contributed by atoms with Gasteiger partial charge in [-0.2, -0.15) is 0 Å². The maximum absolute atomic E-state index is 13.1. The number of sulfonamides is 1. The summed E-state index contributed by atoms with van der Waals surface area (Å²) in [6, 6.07) is 4.95. The number of hydrogen-bond donors (Lipinski definition) is 4. The summed E-state index contributed by atoms with van der Waals surface area (Å²) in [4.78, 5) is 55.8. The minimum absolute atomic E-state index is 0.00660. The summed E-state index contributed by atoms with van der Waals surface area (Å²) < 4.78 is 26.8. The molecule has 41 heavy (non-hydrogen) atoms. The van der Waals surface area contributed by atoms with Gasteiger partial charge in [0.15, 0.2) is 10.8 Å². The monoisotopic (exact) mass is 618 g/mol. The van der Waals surface area contributed by atoms with Gasteiger partial charge in [0.1, 0.15) is 22.8 Å². The number of carbonyl (C=O) groups excluding carboxylic acids is 3. The first-order valence-corrected chi connectivity index (χ1v) is 15.3. The van der Waals surface area contributed by atoms with Crippen LogP contribution in [0.4, 0.5) is 5.13 Å². The number of nitrogens with two attached hydrogens (primary N) is 1. The maximum atomic E-state index is 13.1. The number of thioether (sulfide) groups is 1. The van der Waals surface area contributed by atoms with Crippen molar-refractivity contribution in [2.75, 3.05) is 18.0 Å². The van der Waals surface area contributed by atoms with Gasteiger partial charge < -0.3 is 21.4 Å². The number of carboxylic acids is 1. The molecule has 0 saturated carbocycles. The van der Waals surface area contributed by atoms with Crippen molar-refractivity contribution in [3.05, 3.63) is 63.8 Å². The van der Waals surface area contributed by atoms with Gasteiger partial charge in [0, 0.05) is 23.3 Å². The fourth-order valence-electron chi connectivity index (χ4n) is 4.57. The molecule has 0 radical (unpaired) electrons. The number of allylic oxidation sites excluding steroid dienone is 1. The van der Waals surface area contributed by atoms with Crippen LogP contribution in [0.5, 0.6) is 0 Å². The molecule has 2 atom stereocenters. The molecular formula is C24H22N6O8S3. The normalized spacial score (nSPS) is 22.2. The number of aromatic nitrogens is 1. The third-order valence-corrected chi connectivity index (χ3v) is 10.4. The van der Waals surface area contributed by atoms with Gasteiger partial charge in [-0.05, 0) is 37.1 Å². The predicted molar refractivity (Wildman–Crippen MR) is 147 cm³/mol. The number of anilines is 1. The maximum Gasteiger partial charge on any atom is 0.352 e. The van der Waals surface area contributed by atoms with Crippen LogP contribution >= 0.6 is 23.1 Å². The van der Waals surface area contributed by atoms with E-state index in [0.717, 1.165) is 37.9 Å². The van der Waals surface area contributed by atoms with E-state index < -0.39 is 50.8 Å². The first-order valence-electron chi connectivity index (χ1n) is 11.9. The average molecular weight is 619 g/mol. The smallest absolute Gasteiger partial charge is 0.352 e. The second-order valence-electron chi connectivity index (χ2n) is 9.17. The van der Waals surface area contributed by atoms with E-state index in [9.17, 15) is 37.9 Å². The summed E-state index contributed by atoms with van der Waals surface area (Å²) in [5, 5.41) is 25.4. The van der Waals surface area contributed by atoms with Crippen molar-refractivity contribution in [3.8, 4) is 0 Å². The van der Waals surface area contributed by atoms with Gasteiger partial charge in [0.05, 0.1) is 4.90 Å². The minimum atomic E-state index is -4.11. The van der Waals surface area contributed by atoms with Crippen LogP contribution in [0, 0.1) is 6.92 Å². The lowest BCUT2D eigenvalue weighted by atomic mass is 10.0. The highest BCUT2D eigenvalue weighted by molar-refractivity contribution is 8.00. The third kappa shape index (κ3) is 4.95. The van der Waals surface area contributed by atoms with Gasteiger partial charge >= 0.3 is 5.97 Å². The topological polar surface area (TPSA) is 213 Å². The van der Waals surface area contributed by atoms with E-state index in [2.05, 4.69) is 15.5 Å². The molecule has 3 aliphatic heterocycles. The highest BCUT2D eigenvalue weighted by Crippen LogP contribution is 2.41. The lowest BCUT2D eigenvalue weighted by molar-refractivity contribution is -0.150. The van der Waals surface area contributed by atoms with Crippen molar-refractivity contribution in [1.29, 1.82) is 0 Å². The Hall–Kier alpha value is -4.22. The van der Waals surface area contributed by atoms with Gasteiger partial charge in [-0.25, -0.2) is 22.5 Å². The fraction of sp³-hybridized carbons (Fsp3) is 0.250. The zero-order valence-corrected chi connectivity index (χ0v) is 23.6. The quantitative estimate of drug-likeness (QED) is 0.110. The Labute approximate surface area is 241 Å². The Balaban J connectivity index is 1.36. The number of carboxylic acid groups (broad SMARTS) is 1. The molecule has 0 spiro atoms. The molecule has 3 amide bonds. The number of aliphatic carboxylic acids is 1. The number of nitrogen functional groups attached to an aromatic ring is 1. The van der Waals surface area contributed by atoms with Crippen LogP contribution in [-0.2, 0) is 29.2 Å². The van der Waals surface area contributed by atoms with Crippen molar-refractivity contribution in [2.45, 2.75) is 29.7 Å². The van der Waals surface area contributed by atoms with Crippen molar-refractivity contribution in [3.63, 3.8) is 0 Å². The number of hydrogen-bond acceptors (Lipinski definition) is 12. The Kier molecular flexibility index (Phi) is 7.35. The number of oxime groups is 1. The molecule has 0 bridgehead atoms. The van der Waals surface area contributed by atoms with Crippen molar-refractivity contribution < 1.29 is 37.9 Å². The van der Waals surface area contributed by atoms with Crippen LogP contribution in [0.1, 0.15) is 17.7 Å². The lowest BCUT2D eigenvalue weighted by Crippen LogP contribution is -2.71. The van der Waals surface area contributed by atoms with Crippen molar-refractivity contribution in [1.82, 2.24) is 19.5 Å². The number of fused-ring (bicyclic) bond motifs is 1. The fourth-order valence-corrected chi connectivity index (χ4v) is 7.83. The molecule has 4 heterocycles. The molecule has 0 aliphatic carbocycles. The molecule has 2 saturated heterocycles. The molecule has 2 aromatic rings. The largest absolute Gasteiger partial charge is 0.477 e. The molecule has 214 valence electrons. The van der Waals surface area contributed by atoms with Gasteiger partial charge in [0.25, 0.3) is 27.7 Å². The van der Waals surface area contributed by atoms with E-state index >= 15 is 0 Å². The third-order valence-electron chi connectivity index (χ3n) is 6.61. The first-order chi connectivity index (χ1) is 19.4. The summed E-state index contributed by atoms with van der Waals surface area (Å²) in [5.74, 6) is -3.76. The lowest BCUT2D eigenvalue weighted by Gasteiger charge is -2.49. The number of amides is 3. The van der Waals surface area contributed by atoms with Gasteiger partial charge in [-0.1, -0.05) is 22.9 Å². The average Bonchev–Trinajstić information content (AvgIpc) is 3.52. The molecule has 5 N–H and O–H groups in total. The summed E-state index contributed by atoms with van der Waals surface area (Å²) in [6.45, 7) is 1.69. The first kappa shape index (κ1) is 28.3. The van der Waals surface area contributed by atoms with E-state index in [-0.39, 0.29) is 51.3 Å². The molecule has 0 unspecified atom stereocenters. The number of rotatable bonds is 7. The summed E-state index contributed by atoms with van der Waals surface area (Å²) in [6.07, 6.45) is 1.38. The summed E-state index contributed by atoms with van der Waals surface area (Å²) >= 11 is 2.17. The number of carbonyl (C=O) groups is 4. The molecule has 1 aromatic carbocycles. The van der Waals surface area contributed by atoms with Crippen molar-refractivity contribution in [2.24, 2.45) is 5.16 Å². The summed E-state index contributed by atoms with van der Waals surface area (Å²) in [7, 11) is -4.11. The van der Waals surface area contributed by atoms with Crippen LogP contribution in [0.2, 0.25) is 0 Å². The Morgan fingerprint density at radius 1 is 1.24 bits per heavy atom. The second-order valence-corrected chi connectivity index (χ2v) is 13.0. The Morgan fingerprint density at radius 2 is 1.95 bits per heavy atom. The van der Waals surface area contributed by atoms with Crippen LogP contribution in [0.25, 0.3) is 0 Å². The molecule has 5 rings (SSSR count). The van der Waals surface area contributed by atoms with Crippen molar-refractivity contribution >= 4 is 67.7 Å². The van der Waals surface area contributed by atoms with Crippen LogP contribution in [0.3, 0.4) is 0 Å². The SMILES string of the molecule is Cc1ccc(S(=O)(=O)N2CC/C(=C\C3=C(C(=O)O)N4C(=O)[C@@H](NC(=O)/C(=N\O)c5csc(N)n5)[C@H]4SC3)C2=O)cc1. The summed E-state index contributed by atoms with van der Waals surface area (Å²) in [5.41, 5.74) is 5.84. The van der Waals surface area contributed by atoms with E-state index in [1.54, 1.807) is 19.1 Å². The zero-order valence-electron chi connectivity index (χ0n) is 21.2. The minimum Gasteiger partial charge on any atom is -0.477 e. The Morgan fingerprint density at radius 3 is 2.56 bits per heavy atom. The zero-order chi connectivity index (χ0) is 29.6. The van der Waals surface area contributed by atoms with E-state index in [4.69, 9.17) is 5.73 Å². The van der Waals surface area contributed by atoms with E-state index in [1.165, 1.54) is 23.6 Å². The van der Waals surface area contributed by atoms with Crippen LogP contribution < -0.4 is 11.1 Å². The van der Waals surface area contributed by atoms with E-state index in [1.807, 2.05) is 0 Å². The molecule has 17 heteroatoms. The number of β-lactam (4-membered cyclic amide) rings is 1. The molecule has 2 fully saturated rings. The molecule has 3 aliphatic rings. The van der Waals surface area contributed by atoms with Gasteiger partial charge in [0.2, 0.25) is 0 Å². The van der Waals surface area contributed by atoms with E-state index in [0.29, 0.717) is 0 Å². The van der Waals surface area contributed by atoms with Gasteiger partial charge in [-0.15, -0.1) is 23.1 Å². The highest BCUT2D eigenvalue weighted by atomic mass is 32.2. The highest BCUT2D eigenvalue weighted by Gasteiger charge is 2.54. The number of thiazole rings is 1. The standard InChI is InChI=1S/C24H22N6O8S3/c1-11-2-4-14(5-3-11)41(37,38)29-7-6-12(20(29)32)8-13-9-39-22-17(21(33)30(22)18(13)23(34)35)27-19(31)16(28-36)15-10-40-24(25)26-15/h2-5,8,10,17,22,36H,6-7,9H2,1H3,(H2,25,26)(H,27,31)(H,34,35)/b12-8+,28-16-/t17-,22-/m1/s1. The van der Waals surface area contributed by atoms with Gasteiger partial charge in [-0.3, -0.25) is 19.3 Å². The second kappa shape index (κ2) is 10.6.